The van der Waals surface area contributed by atoms with E-state index in [1.807, 2.05) is 6.92 Å². The van der Waals surface area contributed by atoms with Gasteiger partial charge in [0.25, 0.3) is 5.56 Å². The SMILES string of the molecule is CCN(CC)CCCC(C)Nc1nccn(CC)c1=O. The van der Waals surface area contributed by atoms with Crippen LogP contribution in [-0.2, 0) is 6.54 Å². The average Bonchev–Trinajstić information content (AvgIpc) is 2.46. The maximum atomic E-state index is 12.0. The van der Waals surface area contributed by atoms with Crippen LogP contribution < -0.4 is 10.9 Å². The van der Waals surface area contributed by atoms with Gasteiger partial charge >= 0.3 is 0 Å². The van der Waals surface area contributed by atoms with Crippen molar-refractivity contribution in [1.29, 1.82) is 0 Å². The number of nitrogens with zero attached hydrogens (tertiary/aromatic N) is 3. The zero-order valence-corrected chi connectivity index (χ0v) is 13.2. The first-order chi connectivity index (χ1) is 9.62. The number of hydrogen-bond acceptors (Lipinski definition) is 4. The van der Waals surface area contributed by atoms with Crippen LogP contribution in [0.1, 0.15) is 40.5 Å². The van der Waals surface area contributed by atoms with Crippen LogP contribution in [-0.4, -0.2) is 40.1 Å². The number of anilines is 1. The third-order valence-electron chi connectivity index (χ3n) is 3.64. The summed E-state index contributed by atoms with van der Waals surface area (Å²) >= 11 is 0. The van der Waals surface area contributed by atoms with Gasteiger partial charge in [0, 0.05) is 25.0 Å². The first-order valence-corrected chi connectivity index (χ1v) is 7.66. The molecule has 1 N–H and O–H groups in total. The Morgan fingerprint density at radius 2 is 2.05 bits per heavy atom. The maximum Gasteiger partial charge on any atom is 0.293 e. The lowest BCUT2D eigenvalue weighted by Crippen LogP contribution is -2.29. The normalized spacial score (nSPS) is 12.7. The molecule has 0 bridgehead atoms. The molecule has 1 rings (SSSR count). The van der Waals surface area contributed by atoms with Gasteiger partial charge in [-0.2, -0.15) is 0 Å². The summed E-state index contributed by atoms with van der Waals surface area (Å²) in [5.41, 5.74) is -0.0365. The predicted octanol–water partition coefficient (Wildman–Crippen LogP) is 2.19. The van der Waals surface area contributed by atoms with Crippen LogP contribution in [0.5, 0.6) is 0 Å². The highest BCUT2D eigenvalue weighted by molar-refractivity contribution is 5.31. The number of rotatable bonds is 9. The fraction of sp³-hybridized carbons (Fsp3) is 0.733. The fourth-order valence-corrected chi connectivity index (χ4v) is 2.26. The predicted molar refractivity (Wildman–Crippen MR) is 84.3 cm³/mol. The number of aromatic nitrogens is 2. The third kappa shape index (κ3) is 4.96. The second-order valence-electron chi connectivity index (χ2n) is 5.08. The van der Waals surface area contributed by atoms with E-state index in [4.69, 9.17) is 0 Å². The van der Waals surface area contributed by atoms with Gasteiger partial charge in [-0.15, -0.1) is 0 Å². The number of aryl methyl sites for hydroxylation is 1. The van der Waals surface area contributed by atoms with Gasteiger partial charge in [-0.1, -0.05) is 13.8 Å². The van der Waals surface area contributed by atoms with E-state index in [0.29, 0.717) is 12.4 Å². The summed E-state index contributed by atoms with van der Waals surface area (Å²) in [4.78, 5) is 18.6. The van der Waals surface area contributed by atoms with Crippen molar-refractivity contribution >= 4 is 5.82 Å². The molecule has 1 aromatic heterocycles. The van der Waals surface area contributed by atoms with Crippen molar-refractivity contribution in [2.45, 2.75) is 53.1 Å². The van der Waals surface area contributed by atoms with Crippen LogP contribution in [0.25, 0.3) is 0 Å². The molecule has 0 aliphatic rings. The van der Waals surface area contributed by atoms with Crippen molar-refractivity contribution in [2.24, 2.45) is 0 Å². The van der Waals surface area contributed by atoms with E-state index in [1.54, 1.807) is 17.0 Å². The van der Waals surface area contributed by atoms with Crippen LogP contribution in [0.2, 0.25) is 0 Å². The van der Waals surface area contributed by atoms with Gasteiger partial charge in [0.15, 0.2) is 5.82 Å². The molecule has 5 nitrogen and oxygen atoms in total. The molecule has 114 valence electrons. The average molecular weight is 280 g/mol. The smallest absolute Gasteiger partial charge is 0.293 e. The molecule has 1 unspecified atom stereocenters. The molecular weight excluding hydrogens is 252 g/mol. The highest BCUT2D eigenvalue weighted by atomic mass is 16.1. The molecule has 1 atom stereocenters. The van der Waals surface area contributed by atoms with Gasteiger partial charge < -0.3 is 14.8 Å². The van der Waals surface area contributed by atoms with Crippen LogP contribution in [0.3, 0.4) is 0 Å². The minimum absolute atomic E-state index is 0.0365. The molecule has 0 saturated carbocycles. The highest BCUT2D eigenvalue weighted by Gasteiger charge is 2.08. The second-order valence-corrected chi connectivity index (χ2v) is 5.08. The lowest BCUT2D eigenvalue weighted by atomic mass is 10.1. The lowest BCUT2D eigenvalue weighted by Gasteiger charge is -2.20. The zero-order chi connectivity index (χ0) is 15.0. The van der Waals surface area contributed by atoms with E-state index >= 15 is 0 Å². The molecule has 1 aromatic rings. The van der Waals surface area contributed by atoms with Crippen LogP contribution >= 0.6 is 0 Å². The molecule has 0 amide bonds. The Morgan fingerprint density at radius 3 is 2.65 bits per heavy atom. The van der Waals surface area contributed by atoms with Crippen molar-refractivity contribution in [2.75, 3.05) is 25.0 Å². The second kappa shape index (κ2) is 8.74. The lowest BCUT2D eigenvalue weighted by molar-refractivity contribution is 0.295. The van der Waals surface area contributed by atoms with Crippen LogP contribution in [0.15, 0.2) is 17.2 Å². The van der Waals surface area contributed by atoms with Gasteiger partial charge in [-0.25, -0.2) is 4.98 Å². The highest BCUT2D eigenvalue weighted by Crippen LogP contribution is 2.04. The summed E-state index contributed by atoms with van der Waals surface area (Å²) in [6, 6.07) is 0.262. The molecule has 0 aliphatic heterocycles. The van der Waals surface area contributed by atoms with Crippen molar-refractivity contribution in [3.05, 3.63) is 22.7 Å². The summed E-state index contributed by atoms with van der Waals surface area (Å²) in [5.74, 6) is 0.463. The van der Waals surface area contributed by atoms with Gasteiger partial charge in [0.2, 0.25) is 0 Å². The van der Waals surface area contributed by atoms with Gasteiger partial charge in [-0.05, 0) is 46.3 Å². The molecule has 0 aliphatic carbocycles. The van der Waals surface area contributed by atoms with Crippen molar-refractivity contribution in [1.82, 2.24) is 14.5 Å². The molecular formula is C15H28N4O. The van der Waals surface area contributed by atoms with Gasteiger partial charge in [0.1, 0.15) is 0 Å². The molecule has 0 fully saturated rings. The van der Waals surface area contributed by atoms with E-state index in [0.717, 1.165) is 32.5 Å². The van der Waals surface area contributed by atoms with Gasteiger partial charge in [-0.3, -0.25) is 4.79 Å². The van der Waals surface area contributed by atoms with E-state index in [1.165, 1.54) is 0 Å². The maximum absolute atomic E-state index is 12.0. The fourth-order valence-electron chi connectivity index (χ4n) is 2.26. The minimum Gasteiger partial charge on any atom is -0.363 e. The monoisotopic (exact) mass is 280 g/mol. The Morgan fingerprint density at radius 1 is 1.35 bits per heavy atom. The standard InChI is InChI=1S/C15H28N4O/c1-5-18(6-2)11-8-9-13(4)17-14-15(20)19(7-3)12-10-16-14/h10,12-13H,5-9,11H2,1-4H3,(H,16,17). The molecule has 20 heavy (non-hydrogen) atoms. The topological polar surface area (TPSA) is 50.2 Å². The molecule has 0 aromatic carbocycles. The molecule has 0 saturated heterocycles. The Hall–Kier alpha value is -1.36. The Kier molecular flexibility index (Phi) is 7.30. The summed E-state index contributed by atoms with van der Waals surface area (Å²) in [7, 11) is 0. The summed E-state index contributed by atoms with van der Waals surface area (Å²) in [6.45, 7) is 12.4. The third-order valence-corrected chi connectivity index (χ3v) is 3.64. The van der Waals surface area contributed by atoms with Crippen LogP contribution in [0.4, 0.5) is 5.82 Å². The van der Waals surface area contributed by atoms with E-state index in [9.17, 15) is 4.79 Å². The molecule has 0 radical (unpaired) electrons. The van der Waals surface area contributed by atoms with Crippen molar-refractivity contribution < 1.29 is 0 Å². The van der Waals surface area contributed by atoms with Gasteiger partial charge in [0.05, 0.1) is 0 Å². The minimum atomic E-state index is -0.0365. The zero-order valence-electron chi connectivity index (χ0n) is 13.2. The molecule has 1 heterocycles. The molecule has 0 spiro atoms. The summed E-state index contributed by atoms with van der Waals surface area (Å²) in [6.07, 6.45) is 5.57. The first-order valence-electron chi connectivity index (χ1n) is 7.66. The number of hydrogen-bond donors (Lipinski definition) is 1. The summed E-state index contributed by atoms with van der Waals surface area (Å²) < 4.78 is 1.66. The summed E-state index contributed by atoms with van der Waals surface area (Å²) in [5, 5.41) is 3.23. The van der Waals surface area contributed by atoms with E-state index in [2.05, 4.69) is 36.0 Å². The quantitative estimate of drug-likeness (QED) is 0.753. The Labute approximate surface area is 122 Å². The Balaban J connectivity index is 2.46. The Bertz CT molecular complexity index is 440. The van der Waals surface area contributed by atoms with Crippen molar-refractivity contribution in [3.63, 3.8) is 0 Å². The number of nitrogens with one attached hydrogen (secondary N) is 1. The molecule has 5 heteroatoms. The largest absolute Gasteiger partial charge is 0.363 e. The van der Waals surface area contributed by atoms with E-state index in [-0.39, 0.29) is 11.6 Å². The van der Waals surface area contributed by atoms with Crippen LogP contribution in [0, 0.1) is 0 Å². The van der Waals surface area contributed by atoms with Crippen molar-refractivity contribution in [3.8, 4) is 0 Å². The first kappa shape index (κ1) is 16.7. The van der Waals surface area contributed by atoms with E-state index < -0.39 is 0 Å².